The van der Waals surface area contributed by atoms with Crippen LogP contribution in [0.4, 0.5) is 0 Å². The molecule has 26 heavy (non-hydrogen) atoms. The van der Waals surface area contributed by atoms with Gasteiger partial charge < -0.3 is 4.74 Å². The van der Waals surface area contributed by atoms with Gasteiger partial charge in [0.1, 0.15) is 0 Å². The second-order valence-corrected chi connectivity index (χ2v) is 7.99. The molecular weight excluding hydrogens is 414 g/mol. The maximum atomic E-state index is 11.4. The summed E-state index contributed by atoms with van der Waals surface area (Å²) in [6.45, 7) is 0.641. The Kier molecular flexibility index (Phi) is 5.00. The molecule has 1 saturated carbocycles. The van der Waals surface area contributed by atoms with Crippen molar-refractivity contribution in [3.8, 4) is 0 Å². The molecule has 0 bridgehead atoms. The third kappa shape index (κ3) is 3.50. The Balaban J connectivity index is 1.67. The average molecular weight is 432 g/mol. The van der Waals surface area contributed by atoms with Gasteiger partial charge >= 0.3 is 5.97 Å². The van der Waals surface area contributed by atoms with Crippen molar-refractivity contribution in [3.63, 3.8) is 0 Å². The summed E-state index contributed by atoms with van der Waals surface area (Å²) < 4.78 is 7.34. The van der Waals surface area contributed by atoms with E-state index in [-0.39, 0.29) is 11.7 Å². The number of hydrogen-bond donors (Lipinski definition) is 0. The highest BCUT2D eigenvalue weighted by molar-refractivity contribution is 9.10. The molecule has 1 fully saturated rings. The number of carbonyl (C=O) groups is 1. The Morgan fingerprint density at radius 2 is 2.00 bits per heavy atom. The van der Waals surface area contributed by atoms with Crippen LogP contribution < -0.4 is 0 Å². The van der Waals surface area contributed by atoms with Crippen LogP contribution >= 0.6 is 27.7 Å². The number of halogens is 1. The van der Waals surface area contributed by atoms with Crippen molar-refractivity contribution >= 4 is 44.4 Å². The third-order valence-electron chi connectivity index (χ3n) is 4.61. The minimum absolute atomic E-state index is 0.211. The number of hydrogen-bond acceptors (Lipinski definition) is 5. The summed E-state index contributed by atoms with van der Waals surface area (Å²) in [5.74, 6) is 0.643. The van der Waals surface area contributed by atoms with E-state index in [4.69, 9.17) is 4.74 Å². The molecule has 0 spiro atoms. The summed E-state index contributed by atoms with van der Waals surface area (Å²) in [7, 11) is 1.39. The van der Waals surface area contributed by atoms with Gasteiger partial charge in [-0.2, -0.15) is 0 Å². The van der Waals surface area contributed by atoms with Gasteiger partial charge in [-0.25, -0.2) is 0 Å². The number of carbonyl (C=O) groups excluding carboxylic acids is 1. The van der Waals surface area contributed by atoms with Crippen LogP contribution in [0.1, 0.15) is 29.9 Å². The Bertz CT molecular complexity index is 969. The lowest BCUT2D eigenvalue weighted by molar-refractivity contribution is -0.137. The van der Waals surface area contributed by atoms with Crippen molar-refractivity contribution in [3.05, 3.63) is 52.3 Å². The zero-order valence-corrected chi connectivity index (χ0v) is 16.7. The average Bonchev–Trinajstić information content (AvgIpc) is 3.45. The van der Waals surface area contributed by atoms with Crippen LogP contribution in [0.3, 0.4) is 0 Å². The summed E-state index contributed by atoms with van der Waals surface area (Å²) in [5, 5.41) is 11.6. The van der Waals surface area contributed by atoms with Crippen LogP contribution in [-0.2, 0) is 16.1 Å². The third-order valence-corrected chi connectivity index (χ3v) is 6.14. The smallest absolute Gasteiger partial charge is 0.316 e. The lowest BCUT2D eigenvalue weighted by Crippen LogP contribution is -2.07. The molecule has 0 radical (unpaired) electrons. The zero-order chi connectivity index (χ0) is 18.1. The molecule has 0 N–H and O–H groups in total. The monoisotopic (exact) mass is 431 g/mol. The fourth-order valence-corrected chi connectivity index (χ4v) is 4.40. The Hall–Kier alpha value is -1.86. The maximum Gasteiger partial charge on any atom is 0.316 e. The van der Waals surface area contributed by atoms with Gasteiger partial charge in [-0.05, 0) is 56.6 Å². The summed E-state index contributed by atoms with van der Waals surface area (Å²) in [5.41, 5.74) is 2.66. The number of ether oxygens (including phenoxy) is 1. The molecule has 0 saturated heterocycles. The van der Waals surface area contributed by atoms with E-state index in [0.29, 0.717) is 22.4 Å². The maximum absolute atomic E-state index is 11.4. The van der Waals surface area contributed by atoms with E-state index in [2.05, 4.69) is 62.5 Å². The standard InChI is InChI=1S/C19H18BrN3O2S/c1-25-17(24)11-26-19-22-21-18(20)23(19)10-13-8-9-15(12-6-7-12)16-5-3-2-4-14(13)16/h2-5,8-9,12H,6-7,10-11H2,1H3. The first-order valence-corrected chi connectivity index (χ1v) is 10.2. The molecular formula is C19H18BrN3O2S. The van der Waals surface area contributed by atoms with Gasteiger partial charge in [0.25, 0.3) is 0 Å². The predicted octanol–water partition coefficient (Wildman–Crippen LogP) is 4.38. The molecule has 1 aromatic heterocycles. The van der Waals surface area contributed by atoms with E-state index in [1.54, 1.807) is 0 Å². The van der Waals surface area contributed by atoms with E-state index in [9.17, 15) is 4.79 Å². The number of thioether (sulfide) groups is 1. The van der Waals surface area contributed by atoms with Gasteiger partial charge in [0.15, 0.2) is 5.16 Å². The molecule has 7 heteroatoms. The summed E-state index contributed by atoms with van der Waals surface area (Å²) in [6, 6.07) is 13.0. The lowest BCUT2D eigenvalue weighted by Gasteiger charge is -2.13. The van der Waals surface area contributed by atoms with Crippen LogP contribution in [-0.4, -0.2) is 33.6 Å². The van der Waals surface area contributed by atoms with Crippen molar-refractivity contribution < 1.29 is 9.53 Å². The molecule has 5 nitrogen and oxygen atoms in total. The minimum Gasteiger partial charge on any atom is -0.468 e. The molecule has 1 heterocycles. The fraction of sp³-hybridized carbons (Fsp3) is 0.316. The quantitative estimate of drug-likeness (QED) is 0.427. The van der Waals surface area contributed by atoms with E-state index in [1.807, 2.05) is 4.57 Å². The fourth-order valence-electron chi connectivity index (χ4n) is 3.14. The SMILES string of the molecule is COC(=O)CSc1nnc(Br)n1Cc1ccc(C2CC2)c2ccccc12. The molecule has 134 valence electrons. The molecule has 2 aromatic carbocycles. The topological polar surface area (TPSA) is 57.0 Å². The second kappa shape index (κ2) is 7.40. The molecule has 1 aliphatic carbocycles. The van der Waals surface area contributed by atoms with Gasteiger partial charge in [-0.15, -0.1) is 10.2 Å². The predicted molar refractivity (Wildman–Crippen MR) is 105 cm³/mol. The largest absolute Gasteiger partial charge is 0.468 e. The molecule has 0 amide bonds. The van der Waals surface area contributed by atoms with Crippen molar-refractivity contribution in [2.75, 3.05) is 12.9 Å². The van der Waals surface area contributed by atoms with E-state index < -0.39 is 0 Å². The summed E-state index contributed by atoms with van der Waals surface area (Å²) >= 11 is 4.80. The number of nitrogens with zero attached hydrogens (tertiary/aromatic N) is 3. The van der Waals surface area contributed by atoms with Gasteiger partial charge in [-0.3, -0.25) is 9.36 Å². The molecule has 0 atom stereocenters. The minimum atomic E-state index is -0.278. The first-order chi connectivity index (χ1) is 12.7. The van der Waals surface area contributed by atoms with Gasteiger partial charge in [0, 0.05) is 0 Å². The lowest BCUT2D eigenvalue weighted by atomic mass is 9.97. The normalized spacial score (nSPS) is 13.9. The van der Waals surface area contributed by atoms with Crippen LogP contribution in [0.25, 0.3) is 10.8 Å². The van der Waals surface area contributed by atoms with Crippen molar-refractivity contribution in [1.82, 2.24) is 14.8 Å². The Labute approximate surface area is 164 Å². The first kappa shape index (κ1) is 17.5. The highest BCUT2D eigenvalue weighted by Crippen LogP contribution is 2.43. The molecule has 3 aromatic rings. The zero-order valence-electron chi connectivity index (χ0n) is 14.3. The van der Waals surface area contributed by atoms with Gasteiger partial charge in [-0.1, -0.05) is 48.2 Å². The number of fused-ring (bicyclic) bond motifs is 1. The first-order valence-electron chi connectivity index (χ1n) is 8.46. The molecule has 1 aliphatic rings. The van der Waals surface area contributed by atoms with Gasteiger partial charge in [0.05, 0.1) is 19.4 Å². The van der Waals surface area contributed by atoms with Crippen molar-refractivity contribution in [1.29, 1.82) is 0 Å². The second-order valence-electron chi connectivity index (χ2n) is 6.34. The molecule has 4 rings (SSSR count). The molecule has 0 aliphatic heterocycles. The summed E-state index contributed by atoms with van der Waals surface area (Å²) in [6.07, 6.45) is 2.57. The van der Waals surface area contributed by atoms with E-state index >= 15 is 0 Å². The van der Waals surface area contributed by atoms with E-state index in [1.165, 1.54) is 53.6 Å². The van der Waals surface area contributed by atoms with Crippen molar-refractivity contribution in [2.45, 2.75) is 30.5 Å². The number of methoxy groups -OCH3 is 1. The van der Waals surface area contributed by atoms with Crippen LogP contribution in [0.5, 0.6) is 0 Å². The Morgan fingerprint density at radius 1 is 1.23 bits per heavy atom. The van der Waals surface area contributed by atoms with Crippen LogP contribution in [0.2, 0.25) is 0 Å². The number of aromatic nitrogens is 3. The highest BCUT2D eigenvalue weighted by Gasteiger charge is 2.25. The molecule has 0 unspecified atom stereocenters. The summed E-state index contributed by atoms with van der Waals surface area (Å²) in [4.78, 5) is 11.4. The van der Waals surface area contributed by atoms with Crippen LogP contribution in [0.15, 0.2) is 46.3 Å². The van der Waals surface area contributed by atoms with E-state index in [0.717, 1.165) is 0 Å². The number of rotatable bonds is 6. The Morgan fingerprint density at radius 3 is 2.73 bits per heavy atom. The number of esters is 1. The van der Waals surface area contributed by atoms with Crippen LogP contribution in [0, 0.1) is 0 Å². The number of benzene rings is 2. The van der Waals surface area contributed by atoms with Crippen molar-refractivity contribution in [2.24, 2.45) is 0 Å². The van der Waals surface area contributed by atoms with Gasteiger partial charge in [0.2, 0.25) is 4.73 Å². The highest BCUT2D eigenvalue weighted by atomic mass is 79.9.